The number of halogens is 1. The molecule has 158 valence electrons. The van der Waals surface area contributed by atoms with Gasteiger partial charge in [0, 0.05) is 42.3 Å². The third kappa shape index (κ3) is 4.22. The molecule has 0 radical (unpaired) electrons. The fraction of sp³-hybridized carbons (Fsp3) is 0.261. The molecule has 0 spiro atoms. The summed E-state index contributed by atoms with van der Waals surface area (Å²) in [5, 5.41) is 14.6. The molecule has 2 aromatic heterocycles. The van der Waals surface area contributed by atoms with Crippen molar-refractivity contribution in [3.63, 3.8) is 0 Å². The summed E-state index contributed by atoms with van der Waals surface area (Å²) in [4.78, 5) is 5.81. The van der Waals surface area contributed by atoms with Crippen LogP contribution in [0.15, 0.2) is 72.1 Å². The van der Waals surface area contributed by atoms with E-state index in [-0.39, 0.29) is 11.9 Å². The van der Waals surface area contributed by atoms with Gasteiger partial charge in [-0.3, -0.25) is 4.90 Å². The summed E-state index contributed by atoms with van der Waals surface area (Å²) in [5.41, 5.74) is 1.82. The number of hydrogen-bond acceptors (Lipinski definition) is 6. The summed E-state index contributed by atoms with van der Waals surface area (Å²) in [6.07, 6.45) is 0. The Balaban J connectivity index is 1.44. The summed E-state index contributed by atoms with van der Waals surface area (Å²) in [6, 6.07) is 21.1. The van der Waals surface area contributed by atoms with E-state index in [1.165, 1.54) is 11.8 Å². The first kappa shape index (κ1) is 19.8. The molecule has 1 saturated heterocycles. The van der Waals surface area contributed by atoms with E-state index in [9.17, 15) is 4.39 Å². The van der Waals surface area contributed by atoms with Crippen LogP contribution in [-0.2, 0) is 6.54 Å². The smallest absolute Gasteiger partial charge is 0.173 e. The molecule has 5 rings (SSSR count). The molecule has 0 unspecified atom stereocenters. The lowest BCUT2D eigenvalue weighted by molar-refractivity contribution is 0.198. The standard InChI is InChI=1S/C23H23FN6S/c24-21-11-5-4-10-20(21)22(23-25-26-27-30(23)17-19-9-6-16-31-19)29-14-12-28(13-15-29)18-7-2-1-3-8-18/h1-11,16,22H,12-15,17H2/t22-/m0/s1. The van der Waals surface area contributed by atoms with Crippen LogP contribution in [0.1, 0.15) is 22.3 Å². The fourth-order valence-electron chi connectivity index (χ4n) is 4.14. The molecule has 1 aliphatic heterocycles. The van der Waals surface area contributed by atoms with Gasteiger partial charge in [-0.05, 0) is 40.1 Å². The molecule has 4 aromatic rings. The predicted molar refractivity (Wildman–Crippen MR) is 120 cm³/mol. The maximum atomic E-state index is 14.9. The van der Waals surface area contributed by atoms with Crippen LogP contribution in [0.3, 0.4) is 0 Å². The molecule has 1 aliphatic rings. The Morgan fingerprint density at radius 1 is 0.903 bits per heavy atom. The van der Waals surface area contributed by atoms with Crippen molar-refractivity contribution >= 4 is 17.0 Å². The van der Waals surface area contributed by atoms with Crippen LogP contribution >= 0.6 is 11.3 Å². The van der Waals surface area contributed by atoms with Gasteiger partial charge in [-0.2, -0.15) is 0 Å². The van der Waals surface area contributed by atoms with E-state index < -0.39 is 0 Å². The van der Waals surface area contributed by atoms with Crippen LogP contribution in [0.2, 0.25) is 0 Å². The van der Waals surface area contributed by atoms with E-state index in [1.807, 2.05) is 29.6 Å². The number of anilines is 1. The Hall–Kier alpha value is -3.10. The second-order valence-electron chi connectivity index (χ2n) is 7.56. The van der Waals surface area contributed by atoms with Crippen molar-refractivity contribution in [2.75, 3.05) is 31.1 Å². The minimum absolute atomic E-state index is 0.233. The predicted octanol–water partition coefficient (Wildman–Crippen LogP) is 3.83. The molecule has 6 nitrogen and oxygen atoms in total. The molecule has 0 bridgehead atoms. The van der Waals surface area contributed by atoms with Gasteiger partial charge in [-0.1, -0.05) is 42.5 Å². The molecule has 3 heterocycles. The van der Waals surface area contributed by atoms with Crippen LogP contribution in [0.4, 0.5) is 10.1 Å². The molecule has 0 saturated carbocycles. The number of para-hydroxylation sites is 1. The number of tetrazole rings is 1. The first-order valence-corrected chi connectivity index (χ1v) is 11.2. The zero-order chi connectivity index (χ0) is 21.0. The number of piperazine rings is 1. The largest absolute Gasteiger partial charge is 0.369 e. The number of aromatic nitrogens is 4. The van der Waals surface area contributed by atoms with E-state index in [4.69, 9.17) is 0 Å². The minimum Gasteiger partial charge on any atom is -0.369 e. The van der Waals surface area contributed by atoms with Crippen molar-refractivity contribution in [3.8, 4) is 0 Å². The molecule has 1 fully saturated rings. The normalized spacial score (nSPS) is 15.8. The van der Waals surface area contributed by atoms with Crippen molar-refractivity contribution < 1.29 is 4.39 Å². The van der Waals surface area contributed by atoms with Gasteiger partial charge in [0.15, 0.2) is 5.82 Å². The van der Waals surface area contributed by atoms with Crippen LogP contribution in [0.5, 0.6) is 0 Å². The first-order chi connectivity index (χ1) is 15.3. The van der Waals surface area contributed by atoms with Gasteiger partial charge in [-0.15, -0.1) is 16.4 Å². The van der Waals surface area contributed by atoms with Gasteiger partial charge in [0.05, 0.1) is 6.54 Å². The Labute approximate surface area is 184 Å². The number of benzene rings is 2. The van der Waals surface area contributed by atoms with E-state index in [0.29, 0.717) is 17.9 Å². The Bertz CT molecular complexity index is 1110. The number of hydrogen-bond donors (Lipinski definition) is 0. The number of rotatable bonds is 6. The van der Waals surface area contributed by atoms with E-state index >= 15 is 0 Å². The molecule has 1 atom stereocenters. The lowest BCUT2D eigenvalue weighted by Crippen LogP contribution is -2.48. The molecule has 0 amide bonds. The Kier molecular flexibility index (Phi) is 5.73. The average Bonchev–Trinajstić information content (AvgIpc) is 3.49. The van der Waals surface area contributed by atoms with E-state index in [1.54, 1.807) is 22.1 Å². The summed E-state index contributed by atoms with van der Waals surface area (Å²) in [6.45, 7) is 3.89. The van der Waals surface area contributed by atoms with Crippen molar-refractivity contribution in [3.05, 3.63) is 94.2 Å². The van der Waals surface area contributed by atoms with Crippen molar-refractivity contribution in [1.82, 2.24) is 25.1 Å². The topological polar surface area (TPSA) is 50.1 Å². The van der Waals surface area contributed by atoms with Gasteiger partial charge >= 0.3 is 0 Å². The highest BCUT2D eigenvalue weighted by Crippen LogP contribution is 2.31. The van der Waals surface area contributed by atoms with Crippen molar-refractivity contribution in [2.45, 2.75) is 12.6 Å². The van der Waals surface area contributed by atoms with Crippen LogP contribution in [-0.4, -0.2) is 51.3 Å². The zero-order valence-electron chi connectivity index (χ0n) is 17.0. The minimum atomic E-state index is -0.339. The van der Waals surface area contributed by atoms with E-state index in [2.05, 4.69) is 55.7 Å². The maximum absolute atomic E-state index is 14.9. The summed E-state index contributed by atoms with van der Waals surface area (Å²) >= 11 is 1.66. The zero-order valence-corrected chi connectivity index (χ0v) is 17.8. The molecule has 2 aromatic carbocycles. The van der Waals surface area contributed by atoms with Crippen LogP contribution in [0, 0.1) is 5.82 Å². The number of nitrogens with zero attached hydrogens (tertiary/aromatic N) is 6. The van der Waals surface area contributed by atoms with Crippen LogP contribution in [0.25, 0.3) is 0 Å². The SMILES string of the molecule is Fc1ccccc1[C@@H](c1nnnn1Cc1cccs1)N1CCN(c2ccccc2)CC1. The third-order valence-corrected chi connectivity index (χ3v) is 6.55. The first-order valence-electron chi connectivity index (χ1n) is 10.4. The van der Waals surface area contributed by atoms with Crippen LogP contribution < -0.4 is 4.90 Å². The van der Waals surface area contributed by atoms with Gasteiger partial charge in [0.1, 0.15) is 11.9 Å². The maximum Gasteiger partial charge on any atom is 0.173 e. The van der Waals surface area contributed by atoms with Gasteiger partial charge < -0.3 is 4.90 Å². The van der Waals surface area contributed by atoms with E-state index in [0.717, 1.165) is 31.1 Å². The molecule has 8 heteroatoms. The third-order valence-electron chi connectivity index (χ3n) is 5.69. The molecule has 0 aliphatic carbocycles. The lowest BCUT2D eigenvalue weighted by Gasteiger charge is -2.40. The second kappa shape index (κ2) is 8.95. The van der Waals surface area contributed by atoms with Gasteiger partial charge in [0.2, 0.25) is 0 Å². The molecule has 0 N–H and O–H groups in total. The van der Waals surface area contributed by atoms with Crippen molar-refractivity contribution in [2.24, 2.45) is 0 Å². The highest BCUT2D eigenvalue weighted by atomic mass is 32.1. The summed E-state index contributed by atoms with van der Waals surface area (Å²) < 4.78 is 16.7. The quantitative estimate of drug-likeness (QED) is 0.462. The lowest BCUT2D eigenvalue weighted by atomic mass is 10.0. The Morgan fingerprint density at radius 3 is 2.42 bits per heavy atom. The summed E-state index contributed by atoms with van der Waals surface area (Å²) in [5.74, 6) is 0.440. The van der Waals surface area contributed by atoms with Gasteiger partial charge in [0.25, 0.3) is 0 Å². The van der Waals surface area contributed by atoms with Gasteiger partial charge in [-0.25, -0.2) is 9.07 Å². The van der Waals surface area contributed by atoms with Crippen molar-refractivity contribution in [1.29, 1.82) is 0 Å². The molecule has 31 heavy (non-hydrogen) atoms. The average molecular weight is 435 g/mol. The number of thiophene rings is 1. The summed E-state index contributed by atoms with van der Waals surface area (Å²) in [7, 11) is 0. The fourth-order valence-corrected chi connectivity index (χ4v) is 4.83. The highest BCUT2D eigenvalue weighted by molar-refractivity contribution is 7.09. The second-order valence-corrected chi connectivity index (χ2v) is 8.59. The molecular weight excluding hydrogens is 411 g/mol. The highest BCUT2D eigenvalue weighted by Gasteiger charge is 2.32. The molecular formula is C23H23FN6S. The Morgan fingerprint density at radius 2 is 1.68 bits per heavy atom. The monoisotopic (exact) mass is 434 g/mol.